The second-order valence-corrected chi connectivity index (χ2v) is 5.16. The summed E-state index contributed by atoms with van der Waals surface area (Å²) in [5.41, 5.74) is 1.61. The van der Waals surface area contributed by atoms with E-state index in [2.05, 4.69) is 10.6 Å². The van der Waals surface area contributed by atoms with Crippen molar-refractivity contribution in [1.29, 1.82) is 0 Å². The second-order valence-electron chi connectivity index (χ2n) is 5.16. The Kier molecular flexibility index (Phi) is 6.27. The largest absolute Gasteiger partial charge is 0.396 e. The number of aliphatic hydroxyl groups excluding tert-OH is 1. The van der Waals surface area contributed by atoms with E-state index in [1.165, 1.54) is 18.2 Å². The number of non-ortho nitro benzene ring substituents is 1. The highest BCUT2D eigenvalue weighted by atomic mass is 16.6. The third-order valence-corrected chi connectivity index (χ3v) is 3.40. The normalized spacial score (nSPS) is 10.2. The van der Waals surface area contributed by atoms with Crippen LogP contribution in [0.5, 0.6) is 0 Å². The van der Waals surface area contributed by atoms with E-state index in [0.717, 1.165) is 5.56 Å². The van der Waals surface area contributed by atoms with E-state index < -0.39 is 10.8 Å². The first-order valence-corrected chi connectivity index (χ1v) is 7.57. The van der Waals surface area contributed by atoms with E-state index in [-0.39, 0.29) is 17.9 Å². The van der Waals surface area contributed by atoms with Gasteiger partial charge in [-0.05, 0) is 18.1 Å². The molecule has 126 valence electrons. The average molecular weight is 329 g/mol. The van der Waals surface area contributed by atoms with E-state index in [1.807, 2.05) is 30.3 Å². The standard InChI is InChI=1S/C17H19N3O4/c21-10-4-9-18-17(22)15-11-14(20(23)24)7-8-16(15)19-12-13-5-2-1-3-6-13/h1-3,5-8,11,19,21H,4,9-10,12H2,(H,18,22). The van der Waals surface area contributed by atoms with Crippen LogP contribution in [0.4, 0.5) is 11.4 Å². The molecule has 0 aliphatic heterocycles. The predicted molar refractivity (Wildman–Crippen MR) is 90.9 cm³/mol. The molecular weight excluding hydrogens is 310 g/mol. The van der Waals surface area contributed by atoms with Crippen LogP contribution in [0.1, 0.15) is 22.3 Å². The fraction of sp³-hybridized carbons (Fsp3) is 0.235. The van der Waals surface area contributed by atoms with Crippen LogP contribution >= 0.6 is 0 Å². The van der Waals surface area contributed by atoms with Gasteiger partial charge in [0.1, 0.15) is 0 Å². The number of nitro groups is 1. The fourth-order valence-electron chi connectivity index (χ4n) is 2.16. The summed E-state index contributed by atoms with van der Waals surface area (Å²) in [6.07, 6.45) is 0.424. The molecule has 7 heteroatoms. The van der Waals surface area contributed by atoms with Gasteiger partial charge in [-0.1, -0.05) is 30.3 Å². The van der Waals surface area contributed by atoms with Crippen molar-refractivity contribution in [2.45, 2.75) is 13.0 Å². The molecule has 0 bridgehead atoms. The lowest BCUT2D eigenvalue weighted by atomic mass is 10.1. The van der Waals surface area contributed by atoms with Crippen LogP contribution in [0.2, 0.25) is 0 Å². The van der Waals surface area contributed by atoms with Crippen LogP contribution in [0.15, 0.2) is 48.5 Å². The summed E-state index contributed by atoms with van der Waals surface area (Å²) in [5.74, 6) is -0.414. The zero-order valence-electron chi connectivity index (χ0n) is 13.1. The minimum absolute atomic E-state index is 0.0334. The molecule has 0 aliphatic carbocycles. The Balaban J connectivity index is 2.18. The van der Waals surface area contributed by atoms with Crippen molar-refractivity contribution in [3.63, 3.8) is 0 Å². The van der Waals surface area contributed by atoms with Crippen LogP contribution in [0, 0.1) is 10.1 Å². The number of nitrogens with zero attached hydrogens (tertiary/aromatic N) is 1. The number of carbonyl (C=O) groups is 1. The number of anilines is 1. The Bertz CT molecular complexity index is 704. The highest BCUT2D eigenvalue weighted by Gasteiger charge is 2.16. The Morgan fingerprint density at radius 3 is 2.58 bits per heavy atom. The van der Waals surface area contributed by atoms with Gasteiger partial charge in [0.2, 0.25) is 0 Å². The molecule has 0 saturated carbocycles. The van der Waals surface area contributed by atoms with E-state index >= 15 is 0 Å². The lowest BCUT2D eigenvalue weighted by Gasteiger charge is -2.12. The molecule has 0 saturated heterocycles. The summed E-state index contributed by atoms with van der Waals surface area (Å²) >= 11 is 0. The van der Waals surface area contributed by atoms with Crippen LogP contribution in [-0.4, -0.2) is 29.1 Å². The molecule has 7 nitrogen and oxygen atoms in total. The number of amides is 1. The summed E-state index contributed by atoms with van der Waals surface area (Å²) in [7, 11) is 0. The van der Waals surface area contributed by atoms with Gasteiger partial charge in [-0.15, -0.1) is 0 Å². The van der Waals surface area contributed by atoms with Crippen LogP contribution in [0.3, 0.4) is 0 Å². The molecule has 0 spiro atoms. The number of rotatable bonds is 8. The van der Waals surface area contributed by atoms with Crippen LogP contribution in [-0.2, 0) is 6.54 Å². The number of nitrogens with one attached hydrogen (secondary N) is 2. The number of aliphatic hydroxyl groups is 1. The molecule has 3 N–H and O–H groups in total. The molecule has 24 heavy (non-hydrogen) atoms. The molecule has 1 amide bonds. The number of hydrogen-bond donors (Lipinski definition) is 3. The first kappa shape index (κ1) is 17.4. The molecule has 2 rings (SSSR count). The van der Waals surface area contributed by atoms with Crippen LogP contribution in [0.25, 0.3) is 0 Å². The van der Waals surface area contributed by atoms with Crippen LogP contribution < -0.4 is 10.6 Å². The van der Waals surface area contributed by atoms with E-state index in [1.54, 1.807) is 0 Å². The topological polar surface area (TPSA) is 104 Å². The quantitative estimate of drug-likeness (QED) is 0.392. The molecule has 2 aromatic rings. The maximum absolute atomic E-state index is 12.3. The van der Waals surface area contributed by atoms with Gasteiger partial charge in [-0.3, -0.25) is 14.9 Å². The van der Waals surface area contributed by atoms with Gasteiger partial charge in [-0.2, -0.15) is 0 Å². The summed E-state index contributed by atoms with van der Waals surface area (Å²) in [4.78, 5) is 22.7. The van der Waals surface area contributed by atoms with Crippen molar-refractivity contribution in [2.75, 3.05) is 18.5 Å². The molecule has 0 atom stereocenters. The van der Waals surface area contributed by atoms with Crippen molar-refractivity contribution >= 4 is 17.3 Å². The number of nitro benzene ring substituents is 1. The number of benzene rings is 2. The van der Waals surface area contributed by atoms with Crippen molar-refractivity contribution in [3.05, 3.63) is 69.8 Å². The van der Waals surface area contributed by atoms with Gasteiger partial charge in [0.25, 0.3) is 11.6 Å². The highest BCUT2D eigenvalue weighted by molar-refractivity contribution is 6.00. The van der Waals surface area contributed by atoms with E-state index in [0.29, 0.717) is 25.2 Å². The molecule has 0 aromatic heterocycles. The monoisotopic (exact) mass is 329 g/mol. The molecule has 0 unspecified atom stereocenters. The van der Waals surface area contributed by atoms with Gasteiger partial charge >= 0.3 is 0 Å². The molecule has 0 heterocycles. The minimum Gasteiger partial charge on any atom is -0.396 e. The molecular formula is C17H19N3O4. The lowest BCUT2D eigenvalue weighted by Crippen LogP contribution is -2.26. The summed E-state index contributed by atoms with van der Waals surface area (Å²) < 4.78 is 0. The van der Waals surface area contributed by atoms with Gasteiger partial charge in [-0.25, -0.2) is 0 Å². The number of carbonyl (C=O) groups excluding carboxylic acids is 1. The van der Waals surface area contributed by atoms with Gasteiger partial charge < -0.3 is 15.7 Å². The summed E-state index contributed by atoms with van der Waals surface area (Å²) in [6, 6.07) is 13.8. The molecule has 0 aliphatic rings. The number of hydrogen-bond acceptors (Lipinski definition) is 5. The van der Waals surface area contributed by atoms with Crippen molar-refractivity contribution in [3.8, 4) is 0 Å². The lowest BCUT2D eigenvalue weighted by molar-refractivity contribution is -0.384. The third-order valence-electron chi connectivity index (χ3n) is 3.40. The van der Waals surface area contributed by atoms with E-state index in [4.69, 9.17) is 5.11 Å². The maximum atomic E-state index is 12.3. The molecule has 0 radical (unpaired) electrons. The predicted octanol–water partition coefficient (Wildman–Crippen LogP) is 2.32. The summed E-state index contributed by atoms with van der Waals surface area (Å²) in [6.45, 7) is 0.764. The molecule has 2 aromatic carbocycles. The highest BCUT2D eigenvalue weighted by Crippen LogP contribution is 2.23. The zero-order valence-corrected chi connectivity index (χ0v) is 13.1. The average Bonchev–Trinajstić information content (AvgIpc) is 2.60. The maximum Gasteiger partial charge on any atom is 0.270 e. The Hall–Kier alpha value is -2.93. The minimum atomic E-state index is -0.536. The fourth-order valence-corrected chi connectivity index (χ4v) is 2.16. The smallest absolute Gasteiger partial charge is 0.270 e. The Morgan fingerprint density at radius 2 is 1.92 bits per heavy atom. The van der Waals surface area contributed by atoms with E-state index in [9.17, 15) is 14.9 Å². The van der Waals surface area contributed by atoms with Gasteiger partial charge in [0.05, 0.1) is 10.5 Å². The van der Waals surface area contributed by atoms with Crippen molar-refractivity contribution in [2.24, 2.45) is 0 Å². The first-order chi connectivity index (χ1) is 11.6. The van der Waals surface area contributed by atoms with Crippen molar-refractivity contribution < 1.29 is 14.8 Å². The summed E-state index contributed by atoms with van der Waals surface area (Å²) in [5, 5.41) is 25.5. The second kappa shape index (κ2) is 8.64. The Morgan fingerprint density at radius 1 is 1.17 bits per heavy atom. The molecule has 0 fully saturated rings. The Labute approximate surface area is 139 Å². The first-order valence-electron chi connectivity index (χ1n) is 7.57. The zero-order chi connectivity index (χ0) is 17.4. The van der Waals surface area contributed by atoms with Crippen molar-refractivity contribution in [1.82, 2.24) is 5.32 Å². The SMILES string of the molecule is O=C(NCCCO)c1cc([N+](=O)[O-])ccc1NCc1ccccc1. The van der Waals surface area contributed by atoms with Gasteiger partial charge in [0.15, 0.2) is 0 Å². The third kappa shape index (κ3) is 4.79. The van der Waals surface area contributed by atoms with Gasteiger partial charge in [0, 0.05) is 37.5 Å².